The molecule has 0 amide bonds. The Morgan fingerprint density at radius 2 is 1.70 bits per heavy atom. The molecule has 3 rings (SSSR count). The van der Waals surface area contributed by atoms with Gasteiger partial charge in [0.25, 0.3) is 0 Å². The van der Waals surface area contributed by atoms with Crippen molar-refractivity contribution in [3.8, 4) is 0 Å². The summed E-state index contributed by atoms with van der Waals surface area (Å²) in [6.07, 6.45) is 6.32. The highest BCUT2D eigenvalue weighted by molar-refractivity contribution is 5.68. The van der Waals surface area contributed by atoms with Crippen LogP contribution in [0.15, 0.2) is 18.2 Å². The monoisotopic (exact) mass is 316 g/mol. The average Bonchev–Trinajstić information content (AvgIpc) is 2.58. The fourth-order valence-electron chi connectivity index (χ4n) is 3.76. The SMILES string of the molecule is CN1CCN(CCCc2ccc(N3CCCCC3)c(N)c2)CC1. The number of rotatable bonds is 5. The molecule has 4 nitrogen and oxygen atoms in total. The first-order valence-corrected chi connectivity index (χ1v) is 9.26. The van der Waals surface area contributed by atoms with Gasteiger partial charge in [0.2, 0.25) is 0 Å². The molecule has 2 N–H and O–H groups in total. The Balaban J connectivity index is 1.48. The van der Waals surface area contributed by atoms with Gasteiger partial charge in [0, 0.05) is 39.3 Å². The molecule has 23 heavy (non-hydrogen) atoms. The minimum Gasteiger partial charge on any atom is -0.397 e. The molecule has 0 unspecified atom stereocenters. The number of benzene rings is 1. The molecule has 2 saturated heterocycles. The van der Waals surface area contributed by atoms with E-state index in [0.29, 0.717) is 0 Å². The number of piperidine rings is 1. The number of anilines is 2. The Bertz CT molecular complexity index is 488. The molecule has 0 spiro atoms. The van der Waals surface area contributed by atoms with Crippen molar-refractivity contribution in [2.45, 2.75) is 32.1 Å². The van der Waals surface area contributed by atoms with Crippen molar-refractivity contribution in [2.24, 2.45) is 0 Å². The van der Waals surface area contributed by atoms with Crippen LogP contribution in [0.1, 0.15) is 31.2 Å². The molecule has 1 aromatic carbocycles. The van der Waals surface area contributed by atoms with E-state index >= 15 is 0 Å². The lowest BCUT2D eigenvalue weighted by Crippen LogP contribution is -2.44. The number of nitrogen functional groups attached to an aromatic ring is 1. The Hall–Kier alpha value is -1.26. The van der Waals surface area contributed by atoms with Gasteiger partial charge >= 0.3 is 0 Å². The van der Waals surface area contributed by atoms with Gasteiger partial charge in [-0.25, -0.2) is 0 Å². The number of hydrogen-bond acceptors (Lipinski definition) is 4. The average molecular weight is 316 g/mol. The molecule has 1 aromatic rings. The van der Waals surface area contributed by atoms with Crippen LogP contribution in [0.4, 0.5) is 11.4 Å². The molecule has 2 aliphatic rings. The third-order valence-electron chi connectivity index (χ3n) is 5.32. The molecule has 128 valence electrons. The largest absolute Gasteiger partial charge is 0.397 e. The fourth-order valence-corrected chi connectivity index (χ4v) is 3.76. The van der Waals surface area contributed by atoms with Gasteiger partial charge < -0.3 is 20.4 Å². The van der Waals surface area contributed by atoms with E-state index in [1.54, 1.807) is 0 Å². The van der Waals surface area contributed by atoms with E-state index in [1.807, 2.05) is 0 Å². The molecule has 2 heterocycles. The Morgan fingerprint density at radius 3 is 2.39 bits per heavy atom. The van der Waals surface area contributed by atoms with Gasteiger partial charge in [0.1, 0.15) is 0 Å². The van der Waals surface area contributed by atoms with E-state index in [2.05, 4.69) is 39.9 Å². The van der Waals surface area contributed by atoms with E-state index < -0.39 is 0 Å². The first-order valence-electron chi connectivity index (χ1n) is 9.26. The molecule has 4 heteroatoms. The van der Waals surface area contributed by atoms with Gasteiger partial charge in [-0.15, -0.1) is 0 Å². The van der Waals surface area contributed by atoms with Gasteiger partial charge in [-0.3, -0.25) is 0 Å². The summed E-state index contributed by atoms with van der Waals surface area (Å²) in [7, 11) is 2.21. The summed E-state index contributed by atoms with van der Waals surface area (Å²) < 4.78 is 0. The lowest BCUT2D eigenvalue weighted by Gasteiger charge is -2.32. The Morgan fingerprint density at radius 1 is 0.957 bits per heavy atom. The Kier molecular flexibility index (Phi) is 5.79. The zero-order valence-corrected chi connectivity index (χ0v) is 14.6. The number of likely N-dealkylation sites (N-methyl/N-ethyl adjacent to an activating group) is 1. The van der Waals surface area contributed by atoms with Crippen LogP contribution in [-0.4, -0.2) is 62.7 Å². The zero-order valence-electron chi connectivity index (χ0n) is 14.6. The zero-order chi connectivity index (χ0) is 16.1. The summed E-state index contributed by atoms with van der Waals surface area (Å²) in [5, 5.41) is 0. The lowest BCUT2D eigenvalue weighted by molar-refractivity contribution is 0.153. The Labute approximate surface area is 141 Å². The quantitative estimate of drug-likeness (QED) is 0.847. The second-order valence-corrected chi connectivity index (χ2v) is 7.19. The predicted molar refractivity (Wildman–Crippen MR) is 99.2 cm³/mol. The first kappa shape index (κ1) is 16.6. The molecular weight excluding hydrogens is 284 g/mol. The van der Waals surface area contributed by atoms with Crippen molar-refractivity contribution in [2.75, 3.05) is 63.5 Å². The topological polar surface area (TPSA) is 35.7 Å². The summed E-state index contributed by atoms with van der Waals surface area (Å²) in [6.45, 7) is 8.37. The summed E-state index contributed by atoms with van der Waals surface area (Å²) in [5.74, 6) is 0. The van der Waals surface area contributed by atoms with E-state index in [1.165, 1.54) is 69.7 Å². The first-order chi connectivity index (χ1) is 11.2. The van der Waals surface area contributed by atoms with Gasteiger partial charge in [-0.2, -0.15) is 0 Å². The molecule has 0 bridgehead atoms. The van der Waals surface area contributed by atoms with Crippen LogP contribution in [-0.2, 0) is 6.42 Å². The van der Waals surface area contributed by atoms with Crippen molar-refractivity contribution < 1.29 is 0 Å². The summed E-state index contributed by atoms with van der Waals surface area (Å²) >= 11 is 0. The smallest absolute Gasteiger partial charge is 0.0600 e. The summed E-state index contributed by atoms with van der Waals surface area (Å²) in [6, 6.07) is 6.73. The number of piperazine rings is 1. The highest BCUT2D eigenvalue weighted by atomic mass is 15.2. The van der Waals surface area contributed by atoms with E-state index in [0.717, 1.165) is 25.2 Å². The van der Waals surface area contributed by atoms with Crippen molar-refractivity contribution in [1.29, 1.82) is 0 Å². The molecule has 0 aliphatic carbocycles. The maximum absolute atomic E-state index is 6.32. The van der Waals surface area contributed by atoms with Crippen LogP contribution in [0, 0.1) is 0 Å². The molecular formula is C19H32N4. The van der Waals surface area contributed by atoms with Crippen molar-refractivity contribution >= 4 is 11.4 Å². The number of hydrogen-bond donors (Lipinski definition) is 1. The number of nitrogens with two attached hydrogens (primary N) is 1. The highest BCUT2D eigenvalue weighted by Crippen LogP contribution is 2.27. The number of nitrogens with zero attached hydrogens (tertiary/aromatic N) is 3. The molecule has 0 radical (unpaired) electrons. The van der Waals surface area contributed by atoms with Gasteiger partial charge in [0.05, 0.1) is 11.4 Å². The van der Waals surface area contributed by atoms with Gasteiger partial charge in [0.15, 0.2) is 0 Å². The maximum Gasteiger partial charge on any atom is 0.0600 e. The normalized spacial score (nSPS) is 20.8. The van der Waals surface area contributed by atoms with Gasteiger partial charge in [-0.1, -0.05) is 6.07 Å². The second kappa shape index (κ2) is 8.02. The molecule has 0 saturated carbocycles. The highest BCUT2D eigenvalue weighted by Gasteiger charge is 2.15. The standard InChI is InChI=1S/C19H32N4/c1-21-12-14-22(15-13-21)9-5-6-17-7-8-19(18(20)16-17)23-10-3-2-4-11-23/h7-8,16H,2-6,9-15,20H2,1H3. The minimum atomic E-state index is 0.962. The number of aryl methyl sites for hydroxylation is 1. The van der Waals surface area contributed by atoms with Gasteiger partial charge in [-0.05, 0) is 63.4 Å². The third kappa shape index (κ3) is 4.61. The molecule has 2 fully saturated rings. The van der Waals surface area contributed by atoms with Crippen LogP contribution in [0.3, 0.4) is 0 Å². The van der Waals surface area contributed by atoms with Crippen LogP contribution >= 0.6 is 0 Å². The maximum atomic E-state index is 6.32. The van der Waals surface area contributed by atoms with E-state index in [9.17, 15) is 0 Å². The fraction of sp³-hybridized carbons (Fsp3) is 0.684. The minimum absolute atomic E-state index is 0.962. The summed E-state index contributed by atoms with van der Waals surface area (Å²) in [5.41, 5.74) is 9.92. The van der Waals surface area contributed by atoms with Crippen LogP contribution in [0.25, 0.3) is 0 Å². The van der Waals surface area contributed by atoms with E-state index in [4.69, 9.17) is 5.73 Å². The predicted octanol–water partition coefficient (Wildman–Crippen LogP) is 2.44. The lowest BCUT2D eigenvalue weighted by atomic mass is 10.1. The van der Waals surface area contributed by atoms with Crippen molar-refractivity contribution in [3.05, 3.63) is 23.8 Å². The molecule has 2 aliphatic heterocycles. The third-order valence-corrected chi connectivity index (χ3v) is 5.32. The van der Waals surface area contributed by atoms with Crippen LogP contribution in [0.5, 0.6) is 0 Å². The van der Waals surface area contributed by atoms with Crippen molar-refractivity contribution in [1.82, 2.24) is 9.80 Å². The van der Waals surface area contributed by atoms with Crippen molar-refractivity contribution in [3.63, 3.8) is 0 Å². The molecule has 0 atom stereocenters. The summed E-state index contributed by atoms with van der Waals surface area (Å²) in [4.78, 5) is 7.45. The van der Waals surface area contributed by atoms with Crippen LogP contribution < -0.4 is 10.6 Å². The van der Waals surface area contributed by atoms with Crippen LogP contribution in [0.2, 0.25) is 0 Å². The molecule has 0 aromatic heterocycles. The second-order valence-electron chi connectivity index (χ2n) is 7.19. The van der Waals surface area contributed by atoms with E-state index in [-0.39, 0.29) is 0 Å².